The van der Waals surface area contributed by atoms with E-state index in [0.29, 0.717) is 16.9 Å². The van der Waals surface area contributed by atoms with E-state index < -0.39 is 5.69 Å². The Morgan fingerprint density at radius 3 is 2.60 bits per heavy atom. The largest absolute Gasteiger partial charge is 0.332 e. The van der Waals surface area contributed by atoms with Gasteiger partial charge in [0.1, 0.15) is 0 Å². The first-order chi connectivity index (χ1) is 12.0. The zero-order chi connectivity index (χ0) is 17.7. The highest BCUT2D eigenvalue weighted by atomic mass is 16.2. The number of aromatic nitrogens is 5. The summed E-state index contributed by atoms with van der Waals surface area (Å²) in [4.78, 5) is 29.9. The van der Waals surface area contributed by atoms with Crippen molar-refractivity contribution in [3.05, 3.63) is 75.7 Å². The summed E-state index contributed by atoms with van der Waals surface area (Å²) in [5, 5.41) is 0. The topological polar surface area (TPSA) is 66.2 Å². The highest BCUT2D eigenvalue weighted by Gasteiger charge is 2.20. The maximum absolute atomic E-state index is 12.9. The Morgan fingerprint density at radius 2 is 1.92 bits per heavy atom. The van der Waals surface area contributed by atoms with Crippen molar-refractivity contribution in [2.45, 2.75) is 13.5 Å². The van der Waals surface area contributed by atoms with Crippen LogP contribution in [0.3, 0.4) is 0 Å². The summed E-state index contributed by atoms with van der Waals surface area (Å²) in [6, 6.07) is 9.78. The molecule has 3 aromatic heterocycles. The molecular weight excluding hydrogens is 318 g/mol. The van der Waals surface area contributed by atoms with E-state index in [1.165, 1.54) is 15.2 Å². The van der Waals surface area contributed by atoms with Crippen molar-refractivity contribution in [2.24, 2.45) is 7.05 Å². The quantitative estimate of drug-likeness (QED) is 0.535. The third-order valence-corrected chi connectivity index (χ3v) is 4.35. The van der Waals surface area contributed by atoms with Crippen LogP contribution < -0.4 is 11.2 Å². The normalized spacial score (nSPS) is 11.4. The highest BCUT2D eigenvalue weighted by Crippen LogP contribution is 2.20. The molecule has 7 heteroatoms. The third-order valence-electron chi connectivity index (χ3n) is 4.35. The third kappa shape index (κ3) is 2.02. The summed E-state index contributed by atoms with van der Waals surface area (Å²) in [5.41, 5.74) is 1.88. The number of imidazole rings is 2. The molecule has 0 bridgehead atoms. The van der Waals surface area contributed by atoms with Crippen molar-refractivity contribution >= 4 is 16.9 Å². The molecule has 0 atom stereocenters. The van der Waals surface area contributed by atoms with Crippen molar-refractivity contribution in [3.63, 3.8) is 0 Å². The van der Waals surface area contributed by atoms with E-state index in [9.17, 15) is 9.59 Å². The fourth-order valence-corrected chi connectivity index (χ4v) is 3.20. The molecule has 1 aromatic carbocycles. The average molecular weight is 335 g/mol. The number of hydrogen-bond acceptors (Lipinski definition) is 3. The minimum absolute atomic E-state index is 0.160. The fourth-order valence-electron chi connectivity index (χ4n) is 3.20. The Balaban J connectivity index is 2.18. The van der Waals surface area contributed by atoms with E-state index in [4.69, 9.17) is 0 Å². The van der Waals surface area contributed by atoms with E-state index in [0.717, 1.165) is 11.4 Å². The number of allylic oxidation sites excluding steroid dienone is 1. The van der Waals surface area contributed by atoms with Gasteiger partial charge in [-0.15, -0.1) is 6.58 Å². The predicted molar refractivity (Wildman–Crippen MR) is 96.5 cm³/mol. The van der Waals surface area contributed by atoms with Gasteiger partial charge >= 0.3 is 5.69 Å². The SMILES string of the molecule is C=CCn1c(=O)c2c(nc3n(-c4ccccc4)c(C)cn23)n(C)c1=O. The van der Waals surface area contributed by atoms with Gasteiger partial charge in [-0.3, -0.25) is 22.9 Å². The Kier molecular flexibility index (Phi) is 3.24. The molecule has 25 heavy (non-hydrogen) atoms. The van der Waals surface area contributed by atoms with Crippen LogP contribution in [-0.4, -0.2) is 23.1 Å². The highest BCUT2D eigenvalue weighted by molar-refractivity contribution is 5.76. The van der Waals surface area contributed by atoms with Gasteiger partial charge in [0, 0.05) is 31.2 Å². The first-order valence-corrected chi connectivity index (χ1v) is 7.91. The van der Waals surface area contributed by atoms with Crippen LogP contribution in [0.4, 0.5) is 0 Å². The van der Waals surface area contributed by atoms with Crippen LogP contribution >= 0.6 is 0 Å². The van der Waals surface area contributed by atoms with Crippen LogP contribution in [0, 0.1) is 6.92 Å². The molecule has 4 rings (SSSR count). The first kappa shape index (κ1) is 15.2. The van der Waals surface area contributed by atoms with Crippen LogP contribution in [0.25, 0.3) is 22.6 Å². The zero-order valence-corrected chi connectivity index (χ0v) is 14.0. The molecule has 0 fully saturated rings. The number of aryl methyl sites for hydroxylation is 2. The van der Waals surface area contributed by atoms with E-state index in [2.05, 4.69) is 11.6 Å². The van der Waals surface area contributed by atoms with Gasteiger partial charge in [-0.25, -0.2) is 4.79 Å². The number of para-hydroxylation sites is 1. The van der Waals surface area contributed by atoms with Crippen molar-refractivity contribution in [2.75, 3.05) is 0 Å². The molecule has 4 aromatic rings. The van der Waals surface area contributed by atoms with Gasteiger partial charge in [0.05, 0.1) is 0 Å². The summed E-state index contributed by atoms with van der Waals surface area (Å²) < 4.78 is 6.28. The summed E-state index contributed by atoms with van der Waals surface area (Å²) in [6.45, 7) is 5.74. The van der Waals surface area contributed by atoms with E-state index in [1.54, 1.807) is 11.4 Å². The second-order valence-electron chi connectivity index (χ2n) is 5.94. The lowest BCUT2D eigenvalue weighted by Gasteiger charge is -2.05. The molecule has 0 aliphatic carbocycles. The molecule has 7 nitrogen and oxygen atoms in total. The average Bonchev–Trinajstić information content (AvgIpc) is 3.12. The van der Waals surface area contributed by atoms with E-state index >= 15 is 0 Å². The van der Waals surface area contributed by atoms with Crippen LogP contribution in [0.15, 0.2) is 58.8 Å². The molecule has 0 radical (unpaired) electrons. The second kappa shape index (κ2) is 5.34. The predicted octanol–water partition coefficient (Wildman–Crippen LogP) is 1.63. The van der Waals surface area contributed by atoms with Crippen LogP contribution in [-0.2, 0) is 13.6 Å². The van der Waals surface area contributed by atoms with E-state index in [1.807, 2.05) is 48.0 Å². The van der Waals surface area contributed by atoms with Gasteiger partial charge in [0.25, 0.3) is 5.56 Å². The molecule has 0 amide bonds. The smallest absolute Gasteiger partial charge is 0.283 e. The summed E-state index contributed by atoms with van der Waals surface area (Å²) in [7, 11) is 1.62. The van der Waals surface area contributed by atoms with Gasteiger partial charge in [-0.05, 0) is 19.1 Å². The van der Waals surface area contributed by atoms with Crippen molar-refractivity contribution in [3.8, 4) is 5.69 Å². The Morgan fingerprint density at radius 1 is 1.20 bits per heavy atom. The molecule has 126 valence electrons. The maximum Gasteiger partial charge on any atom is 0.332 e. The number of hydrogen-bond donors (Lipinski definition) is 0. The number of fused-ring (bicyclic) bond motifs is 3. The lowest BCUT2D eigenvalue weighted by Crippen LogP contribution is -2.39. The lowest BCUT2D eigenvalue weighted by atomic mass is 10.3. The summed E-state index contributed by atoms with van der Waals surface area (Å²) >= 11 is 0. The fraction of sp³-hybridized carbons (Fsp3) is 0.167. The molecule has 0 aliphatic rings. The van der Waals surface area contributed by atoms with Crippen molar-refractivity contribution in [1.82, 2.24) is 23.1 Å². The molecule has 0 N–H and O–H groups in total. The minimum atomic E-state index is -0.402. The number of nitrogens with zero attached hydrogens (tertiary/aromatic N) is 5. The van der Waals surface area contributed by atoms with Gasteiger partial charge in [-0.2, -0.15) is 4.98 Å². The number of benzene rings is 1. The monoisotopic (exact) mass is 335 g/mol. The first-order valence-electron chi connectivity index (χ1n) is 7.91. The molecule has 0 spiro atoms. The van der Waals surface area contributed by atoms with Gasteiger partial charge in [0.2, 0.25) is 5.78 Å². The standard InChI is InChI=1S/C18H17N5O2/c1-4-10-21-16(24)14-15(20(3)18(21)25)19-17-22(14)11-12(2)23(17)13-8-6-5-7-9-13/h4-9,11H,1,10H2,2-3H3. The Bertz CT molecular complexity index is 1240. The molecular formula is C18H17N5O2. The lowest BCUT2D eigenvalue weighted by molar-refractivity contribution is 0.667. The maximum atomic E-state index is 12.9. The van der Waals surface area contributed by atoms with Crippen LogP contribution in [0.1, 0.15) is 5.69 Å². The summed E-state index contributed by atoms with van der Waals surface area (Å²) in [5.74, 6) is 0.599. The van der Waals surface area contributed by atoms with Crippen LogP contribution in [0.5, 0.6) is 0 Å². The molecule has 0 aliphatic heterocycles. The summed E-state index contributed by atoms with van der Waals surface area (Å²) in [6.07, 6.45) is 3.40. The zero-order valence-electron chi connectivity index (χ0n) is 14.0. The van der Waals surface area contributed by atoms with Crippen molar-refractivity contribution < 1.29 is 0 Å². The van der Waals surface area contributed by atoms with Crippen LogP contribution in [0.2, 0.25) is 0 Å². The van der Waals surface area contributed by atoms with Gasteiger partial charge in [-0.1, -0.05) is 24.3 Å². The van der Waals surface area contributed by atoms with Gasteiger partial charge in [0.15, 0.2) is 11.2 Å². The number of rotatable bonds is 3. The molecule has 3 heterocycles. The minimum Gasteiger partial charge on any atom is -0.283 e. The Labute approximate surface area is 142 Å². The molecule has 0 saturated carbocycles. The molecule has 0 saturated heterocycles. The van der Waals surface area contributed by atoms with Gasteiger partial charge < -0.3 is 0 Å². The molecule has 0 unspecified atom stereocenters. The van der Waals surface area contributed by atoms with E-state index in [-0.39, 0.29) is 12.1 Å². The van der Waals surface area contributed by atoms with Crippen molar-refractivity contribution in [1.29, 1.82) is 0 Å². The Hall–Kier alpha value is -3.35. The second-order valence-corrected chi connectivity index (χ2v) is 5.94.